The molecule has 0 unspecified atom stereocenters. The molecule has 0 saturated carbocycles. The number of hydrogen-bond acceptors (Lipinski definition) is 3. The van der Waals surface area contributed by atoms with Crippen LogP contribution in [0.5, 0.6) is 0 Å². The summed E-state index contributed by atoms with van der Waals surface area (Å²) in [4.78, 5) is 10.8. The van der Waals surface area contributed by atoms with Gasteiger partial charge in [0.2, 0.25) is 0 Å². The average Bonchev–Trinajstić information content (AvgIpc) is 2.15. The maximum atomic E-state index is 10.8. The Morgan fingerprint density at radius 1 is 1.25 bits per heavy atom. The highest BCUT2D eigenvalue weighted by Crippen LogP contribution is 2.33. The van der Waals surface area contributed by atoms with Crippen LogP contribution in [0.15, 0.2) is 17.2 Å². The minimum Gasteiger partial charge on any atom is -0.292 e. The van der Waals surface area contributed by atoms with Crippen molar-refractivity contribution in [2.75, 3.05) is 5.43 Å². The minimum absolute atomic E-state index is 0.193. The third kappa shape index (κ3) is 3.52. The maximum absolute atomic E-state index is 10.8. The molecule has 0 aromatic heterocycles. The van der Waals surface area contributed by atoms with Gasteiger partial charge in [0.25, 0.3) is 0 Å². The Morgan fingerprint density at radius 3 is 2.19 bits per heavy atom. The van der Waals surface area contributed by atoms with Crippen molar-refractivity contribution in [3.63, 3.8) is 0 Å². The van der Waals surface area contributed by atoms with Crippen LogP contribution < -0.4 is 5.43 Å². The lowest BCUT2D eigenvalue weighted by Crippen LogP contribution is -2.04. The normalized spacial score (nSPS) is 11.4. The van der Waals surface area contributed by atoms with E-state index < -0.39 is 0 Å². The van der Waals surface area contributed by atoms with Gasteiger partial charge in [-0.15, -0.1) is 0 Å². The second kappa shape index (κ2) is 5.73. The van der Waals surface area contributed by atoms with Crippen molar-refractivity contribution in [3.8, 4) is 0 Å². The molecule has 1 rings (SSSR count). The third-order valence-corrected chi connectivity index (χ3v) is 2.73. The number of anilines is 1. The molecule has 3 nitrogen and oxygen atoms in total. The first-order valence-electron chi connectivity index (χ1n) is 4.06. The molecule has 1 N–H and O–H groups in total. The summed E-state index contributed by atoms with van der Waals surface area (Å²) in [6.07, 6.45) is 0. The molecule has 0 radical (unpaired) electrons. The molecule has 0 bridgehead atoms. The van der Waals surface area contributed by atoms with Crippen molar-refractivity contribution >= 4 is 63.0 Å². The molecular formula is C9H6Cl4N2O. The van der Waals surface area contributed by atoms with E-state index in [4.69, 9.17) is 46.4 Å². The van der Waals surface area contributed by atoms with E-state index in [9.17, 15) is 4.79 Å². The van der Waals surface area contributed by atoms with Gasteiger partial charge in [0.05, 0.1) is 15.7 Å². The van der Waals surface area contributed by atoms with E-state index in [1.807, 2.05) is 0 Å². The van der Waals surface area contributed by atoms with Crippen LogP contribution in [-0.2, 0) is 4.79 Å². The Labute approximate surface area is 112 Å². The van der Waals surface area contributed by atoms with E-state index in [0.717, 1.165) is 0 Å². The number of nitrogens with zero attached hydrogens (tertiary/aromatic N) is 1. The molecule has 0 amide bonds. The summed E-state index contributed by atoms with van der Waals surface area (Å²) in [6, 6.07) is 2.99. The zero-order valence-corrected chi connectivity index (χ0v) is 11.0. The Kier molecular flexibility index (Phi) is 4.87. The lowest BCUT2D eigenvalue weighted by Gasteiger charge is -2.06. The summed E-state index contributed by atoms with van der Waals surface area (Å²) in [5, 5.41) is 4.40. The van der Waals surface area contributed by atoms with Gasteiger partial charge in [-0.3, -0.25) is 10.2 Å². The third-order valence-electron chi connectivity index (χ3n) is 1.56. The van der Waals surface area contributed by atoms with Crippen LogP contribution in [0.25, 0.3) is 0 Å². The highest BCUT2D eigenvalue weighted by atomic mass is 35.5. The summed E-state index contributed by atoms with van der Waals surface area (Å²) < 4.78 is 0. The van der Waals surface area contributed by atoms with Crippen LogP contribution >= 0.6 is 46.4 Å². The second-order valence-electron chi connectivity index (χ2n) is 2.82. The van der Waals surface area contributed by atoms with Gasteiger partial charge in [0.1, 0.15) is 0 Å². The minimum atomic E-state index is -0.365. The van der Waals surface area contributed by atoms with E-state index >= 15 is 0 Å². The number of ketones is 1. The largest absolute Gasteiger partial charge is 0.292 e. The summed E-state index contributed by atoms with van der Waals surface area (Å²) in [5.74, 6) is -0.365. The van der Waals surface area contributed by atoms with Crippen LogP contribution in [0.2, 0.25) is 15.1 Å². The van der Waals surface area contributed by atoms with Crippen LogP contribution in [0.4, 0.5) is 5.69 Å². The van der Waals surface area contributed by atoms with Crippen molar-refractivity contribution in [1.29, 1.82) is 0 Å². The van der Waals surface area contributed by atoms with Gasteiger partial charge in [-0.2, -0.15) is 5.10 Å². The van der Waals surface area contributed by atoms with Gasteiger partial charge >= 0.3 is 0 Å². The Bertz CT molecular complexity index is 436. The van der Waals surface area contributed by atoms with Gasteiger partial charge in [0.15, 0.2) is 11.0 Å². The van der Waals surface area contributed by atoms with E-state index in [1.165, 1.54) is 19.1 Å². The SMILES string of the molecule is CC(=O)C(Cl)=NNc1c(Cl)cc(Cl)cc1Cl. The van der Waals surface area contributed by atoms with Gasteiger partial charge in [-0.25, -0.2) is 0 Å². The lowest BCUT2D eigenvalue weighted by atomic mass is 10.3. The predicted octanol–water partition coefficient (Wildman–Crippen LogP) is 4.20. The number of halogens is 4. The number of carbonyl (C=O) groups is 1. The molecule has 0 atom stereocenters. The molecule has 0 saturated heterocycles. The van der Waals surface area contributed by atoms with Crippen molar-refractivity contribution < 1.29 is 4.79 Å². The number of hydrazone groups is 1. The summed E-state index contributed by atoms with van der Waals surface area (Å²) in [6.45, 7) is 1.29. The van der Waals surface area contributed by atoms with Crippen molar-refractivity contribution in [2.45, 2.75) is 6.92 Å². The molecule has 0 fully saturated rings. The molecule has 0 aliphatic rings. The summed E-state index contributed by atoms with van der Waals surface area (Å²) in [7, 11) is 0. The van der Waals surface area contributed by atoms with Crippen molar-refractivity contribution in [2.24, 2.45) is 5.10 Å². The topological polar surface area (TPSA) is 41.5 Å². The van der Waals surface area contributed by atoms with Gasteiger partial charge in [-0.1, -0.05) is 46.4 Å². The zero-order valence-electron chi connectivity index (χ0n) is 8.02. The molecule has 16 heavy (non-hydrogen) atoms. The van der Waals surface area contributed by atoms with E-state index in [2.05, 4.69) is 10.5 Å². The monoisotopic (exact) mass is 298 g/mol. The second-order valence-corrected chi connectivity index (χ2v) is 4.42. The van der Waals surface area contributed by atoms with Crippen molar-refractivity contribution in [1.82, 2.24) is 0 Å². The molecule has 1 aromatic carbocycles. The summed E-state index contributed by atoms with van der Waals surface area (Å²) >= 11 is 23.0. The van der Waals surface area contributed by atoms with Crippen molar-refractivity contribution in [3.05, 3.63) is 27.2 Å². The first kappa shape index (κ1) is 13.6. The number of Topliss-reactive ketones (excluding diaryl/α,β-unsaturated/α-hetero) is 1. The first-order chi connectivity index (χ1) is 7.41. The quantitative estimate of drug-likeness (QED) is 0.671. The lowest BCUT2D eigenvalue weighted by molar-refractivity contribution is -0.110. The Hall–Kier alpha value is -0.480. The van der Waals surface area contributed by atoms with Crippen LogP contribution in [0.1, 0.15) is 6.92 Å². The van der Waals surface area contributed by atoms with Crippen LogP contribution in [0.3, 0.4) is 0 Å². The molecule has 1 aromatic rings. The summed E-state index contributed by atoms with van der Waals surface area (Å²) in [5.41, 5.74) is 2.84. The fourth-order valence-electron chi connectivity index (χ4n) is 0.833. The molecular weight excluding hydrogens is 294 g/mol. The van der Waals surface area contributed by atoms with Gasteiger partial charge in [0, 0.05) is 11.9 Å². The van der Waals surface area contributed by atoms with E-state index in [0.29, 0.717) is 10.7 Å². The Balaban J connectivity index is 2.99. The Morgan fingerprint density at radius 2 is 1.75 bits per heavy atom. The smallest absolute Gasteiger partial charge is 0.191 e. The molecule has 7 heteroatoms. The molecule has 0 heterocycles. The number of rotatable bonds is 3. The predicted molar refractivity (Wildman–Crippen MR) is 69.1 cm³/mol. The molecule has 0 spiro atoms. The number of hydrogen-bond donors (Lipinski definition) is 1. The standard InChI is InChI=1S/C9H6Cl4N2O/c1-4(16)9(13)15-14-8-6(11)2-5(10)3-7(8)12/h2-3,14H,1H3. The maximum Gasteiger partial charge on any atom is 0.191 e. The van der Waals surface area contributed by atoms with Crippen LogP contribution in [-0.4, -0.2) is 11.0 Å². The van der Waals surface area contributed by atoms with Gasteiger partial charge in [-0.05, 0) is 12.1 Å². The van der Waals surface area contributed by atoms with Gasteiger partial charge < -0.3 is 0 Å². The van der Waals surface area contributed by atoms with E-state index in [1.54, 1.807) is 0 Å². The highest BCUT2D eigenvalue weighted by Gasteiger charge is 2.08. The number of carbonyl (C=O) groups excluding carboxylic acids is 1. The number of nitrogens with one attached hydrogen (secondary N) is 1. The fraction of sp³-hybridized carbons (Fsp3) is 0.111. The van der Waals surface area contributed by atoms with E-state index in [-0.39, 0.29) is 21.0 Å². The molecule has 0 aliphatic carbocycles. The first-order valence-corrected chi connectivity index (χ1v) is 5.57. The molecule has 86 valence electrons. The zero-order chi connectivity index (χ0) is 12.3. The average molecular weight is 300 g/mol. The molecule has 0 aliphatic heterocycles. The van der Waals surface area contributed by atoms with Crippen LogP contribution in [0, 0.1) is 0 Å². The fourth-order valence-corrected chi connectivity index (χ4v) is 1.78. The highest BCUT2D eigenvalue weighted by molar-refractivity contribution is 6.82. The number of benzene rings is 1.